The number of fused-ring (bicyclic) bond motifs is 1. The Morgan fingerprint density at radius 2 is 1.81 bits per heavy atom. The molecule has 0 aliphatic carbocycles. The minimum Gasteiger partial charge on any atom is -0.336 e. The molecule has 2 saturated heterocycles. The topological polar surface area (TPSA) is 40.5 Å². The minimum atomic E-state index is -0.230. The van der Waals surface area contributed by atoms with Gasteiger partial charge in [-0.25, -0.2) is 9.18 Å². The Balaban J connectivity index is 1.28. The summed E-state index contributed by atoms with van der Waals surface area (Å²) < 4.78 is 15.6. The molecule has 0 unspecified atom stereocenters. The average Bonchev–Trinajstić information content (AvgIpc) is 3.38. The molecule has 168 valence electrons. The molecule has 1 N–H and O–H groups in total. The van der Waals surface area contributed by atoms with E-state index >= 15 is 0 Å². The number of carbonyl (C=O) groups is 1. The summed E-state index contributed by atoms with van der Waals surface area (Å²) in [7, 11) is 0. The van der Waals surface area contributed by atoms with E-state index in [1.54, 1.807) is 0 Å². The second-order valence-electron chi connectivity index (χ2n) is 8.78. The molecule has 2 aliphatic rings. The van der Waals surface area contributed by atoms with Gasteiger partial charge >= 0.3 is 6.03 Å². The number of amides is 2. The van der Waals surface area contributed by atoms with Crippen LogP contribution >= 0.6 is 11.6 Å². The predicted octanol–water partition coefficient (Wildman–Crippen LogP) is 5.02. The van der Waals surface area contributed by atoms with Gasteiger partial charge in [-0.2, -0.15) is 0 Å². The Labute approximate surface area is 192 Å². The molecule has 0 bridgehead atoms. The smallest absolute Gasteiger partial charge is 0.317 e. The van der Waals surface area contributed by atoms with Crippen molar-refractivity contribution in [2.75, 3.05) is 39.3 Å². The molecule has 5 rings (SSSR count). The molecule has 0 saturated carbocycles. The summed E-state index contributed by atoms with van der Waals surface area (Å²) in [5.74, 6) is 0.240. The number of nitrogens with one attached hydrogen (secondary N) is 1. The van der Waals surface area contributed by atoms with Crippen LogP contribution in [0.2, 0.25) is 5.02 Å². The average molecular weight is 455 g/mol. The molecule has 3 heterocycles. The maximum absolute atomic E-state index is 13.4. The van der Waals surface area contributed by atoms with Crippen LogP contribution in [-0.4, -0.2) is 59.7 Å². The van der Waals surface area contributed by atoms with E-state index in [9.17, 15) is 9.18 Å². The normalized spacial score (nSPS) is 17.9. The van der Waals surface area contributed by atoms with Crippen molar-refractivity contribution in [1.29, 1.82) is 0 Å². The summed E-state index contributed by atoms with van der Waals surface area (Å²) >= 11 is 6.35. The fourth-order valence-corrected chi connectivity index (χ4v) is 5.22. The molecule has 5 nitrogen and oxygen atoms in total. The molecule has 2 fully saturated rings. The van der Waals surface area contributed by atoms with Gasteiger partial charge in [-0.1, -0.05) is 11.6 Å². The van der Waals surface area contributed by atoms with Gasteiger partial charge in [-0.3, -0.25) is 0 Å². The molecule has 0 atom stereocenters. The van der Waals surface area contributed by atoms with Crippen molar-refractivity contribution < 1.29 is 9.18 Å². The van der Waals surface area contributed by atoms with Crippen molar-refractivity contribution >= 4 is 28.5 Å². The van der Waals surface area contributed by atoms with Gasteiger partial charge in [-0.05, 0) is 92.8 Å². The molecular formula is C25H28ClFN4O. The number of hydrogen-bond acceptors (Lipinski definition) is 2. The molecule has 0 radical (unpaired) electrons. The number of benzene rings is 2. The number of halogens is 2. The second kappa shape index (κ2) is 9.12. The van der Waals surface area contributed by atoms with Gasteiger partial charge < -0.3 is 19.7 Å². The number of carbonyl (C=O) groups excluding carboxylic acids is 1. The van der Waals surface area contributed by atoms with Crippen LogP contribution in [0.25, 0.3) is 16.6 Å². The standard InChI is InChI=1S/C25H28ClFN4O/c26-19-2-7-24-22(16-19)23(17-31(24)21-5-3-20(27)4-6-21)18-8-13-29(14-9-18)11-1-12-30-15-10-28-25(30)32/h2-7,16-18H,1,8-15H2,(H,28,32). The molecule has 3 aromatic rings. The summed E-state index contributed by atoms with van der Waals surface area (Å²) in [4.78, 5) is 16.1. The van der Waals surface area contributed by atoms with E-state index in [2.05, 4.69) is 27.0 Å². The Morgan fingerprint density at radius 1 is 1.03 bits per heavy atom. The maximum Gasteiger partial charge on any atom is 0.317 e. The van der Waals surface area contributed by atoms with Crippen LogP contribution in [0.3, 0.4) is 0 Å². The molecule has 7 heteroatoms. The first kappa shape index (κ1) is 21.3. The van der Waals surface area contributed by atoms with Gasteiger partial charge in [0.2, 0.25) is 0 Å². The molecule has 2 aromatic carbocycles. The van der Waals surface area contributed by atoms with E-state index in [-0.39, 0.29) is 11.8 Å². The van der Waals surface area contributed by atoms with Gasteiger partial charge in [0, 0.05) is 41.9 Å². The lowest BCUT2D eigenvalue weighted by atomic mass is 9.89. The van der Waals surface area contributed by atoms with Crippen LogP contribution in [0.4, 0.5) is 9.18 Å². The number of aromatic nitrogens is 1. The zero-order valence-electron chi connectivity index (χ0n) is 18.1. The number of rotatable bonds is 6. The zero-order chi connectivity index (χ0) is 22.1. The monoisotopic (exact) mass is 454 g/mol. The SMILES string of the molecule is O=C1NCCN1CCCN1CCC(c2cn(-c3ccc(F)cc3)c3ccc(Cl)cc23)CC1. The first-order chi connectivity index (χ1) is 15.6. The fraction of sp³-hybridized carbons (Fsp3) is 0.400. The summed E-state index contributed by atoms with van der Waals surface area (Å²) in [6, 6.07) is 12.7. The van der Waals surface area contributed by atoms with Crippen molar-refractivity contribution in [3.8, 4) is 5.69 Å². The largest absolute Gasteiger partial charge is 0.336 e. The number of likely N-dealkylation sites (tertiary alicyclic amines) is 1. The van der Waals surface area contributed by atoms with Crippen LogP contribution in [0.5, 0.6) is 0 Å². The quantitative estimate of drug-likeness (QED) is 0.568. The molecule has 32 heavy (non-hydrogen) atoms. The number of hydrogen-bond donors (Lipinski definition) is 1. The van der Waals surface area contributed by atoms with E-state index in [1.807, 2.05) is 29.2 Å². The first-order valence-electron chi connectivity index (χ1n) is 11.4. The zero-order valence-corrected chi connectivity index (χ0v) is 18.8. The van der Waals surface area contributed by atoms with Crippen LogP contribution in [0.15, 0.2) is 48.7 Å². The van der Waals surface area contributed by atoms with E-state index in [1.165, 1.54) is 23.1 Å². The number of piperidine rings is 1. The number of urea groups is 1. The van der Waals surface area contributed by atoms with Gasteiger partial charge in [0.1, 0.15) is 5.82 Å². The first-order valence-corrected chi connectivity index (χ1v) is 11.8. The lowest BCUT2D eigenvalue weighted by Crippen LogP contribution is -2.36. The fourth-order valence-electron chi connectivity index (χ4n) is 5.05. The van der Waals surface area contributed by atoms with Crippen molar-refractivity contribution in [2.24, 2.45) is 0 Å². The highest BCUT2D eigenvalue weighted by atomic mass is 35.5. The van der Waals surface area contributed by atoms with Crippen molar-refractivity contribution in [1.82, 2.24) is 19.7 Å². The van der Waals surface area contributed by atoms with E-state index in [0.29, 0.717) is 5.92 Å². The number of nitrogens with zero attached hydrogens (tertiary/aromatic N) is 3. The van der Waals surface area contributed by atoms with Crippen molar-refractivity contribution in [3.63, 3.8) is 0 Å². The Kier molecular flexibility index (Phi) is 6.07. The van der Waals surface area contributed by atoms with Gasteiger partial charge in [0.15, 0.2) is 0 Å². The van der Waals surface area contributed by atoms with Crippen molar-refractivity contribution in [2.45, 2.75) is 25.2 Å². The summed E-state index contributed by atoms with van der Waals surface area (Å²) in [6.45, 7) is 5.55. The Morgan fingerprint density at radius 3 is 2.53 bits per heavy atom. The molecule has 2 aliphatic heterocycles. The maximum atomic E-state index is 13.4. The highest BCUT2D eigenvalue weighted by Gasteiger charge is 2.25. The van der Waals surface area contributed by atoms with Crippen LogP contribution in [0, 0.1) is 5.82 Å². The van der Waals surface area contributed by atoms with Gasteiger partial charge in [0.05, 0.1) is 5.52 Å². The summed E-state index contributed by atoms with van der Waals surface area (Å²) in [5, 5.41) is 4.78. The predicted molar refractivity (Wildman–Crippen MR) is 126 cm³/mol. The summed E-state index contributed by atoms with van der Waals surface area (Å²) in [5.41, 5.74) is 3.37. The lowest BCUT2D eigenvalue weighted by molar-refractivity contribution is 0.193. The third-order valence-electron chi connectivity index (χ3n) is 6.78. The molecular weight excluding hydrogens is 427 g/mol. The minimum absolute atomic E-state index is 0.0694. The highest BCUT2D eigenvalue weighted by molar-refractivity contribution is 6.31. The lowest BCUT2D eigenvalue weighted by Gasteiger charge is -2.32. The van der Waals surface area contributed by atoms with E-state index in [0.717, 1.165) is 74.8 Å². The van der Waals surface area contributed by atoms with Crippen LogP contribution in [0.1, 0.15) is 30.7 Å². The Hall–Kier alpha value is -2.57. The van der Waals surface area contributed by atoms with E-state index < -0.39 is 0 Å². The summed E-state index contributed by atoms with van der Waals surface area (Å²) in [6.07, 6.45) is 5.41. The Bertz CT molecular complexity index is 1110. The molecule has 0 spiro atoms. The molecule has 1 aromatic heterocycles. The van der Waals surface area contributed by atoms with Crippen molar-refractivity contribution in [3.05, 3.63) is 65.1 Å². The second-order valence-corrected chi connectivity index (χ2v) is 9.22. The van der Waals surface area contributed by atoms with Gasteiger partial charge in [0.25, 0.3) is 0 Å². The molecule has 2 amide bonds. The van der Waals surface area contributed by atoms with Crippen LogP contribution in [-0.2, 0) is 0 Å². The van der Waals surface area contributed by atoms with Crippen LogP contribution < -0.4 is 5.32 Å². The van der Waals surface area contributed by atoms with Gasteiger partial charge in [-0.15, -0.1) is 0 Å². The highest BCUT2D eigenvalue weighted by Crippen LogP contribution is 2.37. The third kappa shape index (κ3) is 4.34. The third-order valence-corrected chi connectivity index (χ3v) is 7.01. The van der Waals surface area contributed by atoms with E-state index in [4.69, 9.17) is 11.6 Å².